The predicted molar refractivity (Wildman–Crippen MR) is 109 cm³/mol. The Kier molecular flexibility index (Phi) is 12.4. The van der Waals surface area contributed by atoms with E-state index in [-0.39, 0.29) is 5.75 Å². The molecule has 0 aliphatic rings. The molecule has 0 bridgehead atoms. The second-order valence-electron chi connectivity index (χ2n) is 6.96. The molecule has 0 N–H and O–H groups in total. The summed E-state index contributed by atoms with van der Waals surface area (Å²) in [6, 6.07) is 8.30. The fraction of sp³-hybridized carbons (Fsp3) is 0.714. The first-order chi connectivity index (χ1) is 12.5. The molecule has 1 aromatic rings. The van der Waals surface area contributed by atoms with Gasteiger partial charge in [0.05, 0.1) is 12.4 Å². The van der Waals surface area contributed by atoms with Crippen molar-refractivity contribution in [3.63, 3.8) is 0 Å². The number of ether oxygens (including phenoxy) is 2. The number of aryl methyl sites for hydroxylation is 1. The highest BCUT2D eigenvalue weighted by molar-refractivity contribution is 7.90. The van der Waals surface area contributed by atoms with Crippen molar-refractivity contribution in [1.82, 2.24) is 0 Å². The van der Waals surface area contributed by atoms with Crippen LogP contribution in [0.3, 0.4) is 0 Å². The summed E-state index contributed by atoms with van der Waals surface area (Å²) in [5.41, 5.74) is 1.36. The molecule has 1 aromatic carbocycles. The number of rotatable bonds is 16. The molecule has 0 unspecified atom stereocenters. The van der Waals surface area contributed by atoms with Gasteiger partial charge in [-0.1, -0.05) is 57.6 Å². The lowest BCUT2D eigenvalue weighted by atomic mass is 10.0. The zero-order valence-electron chi connectivity index (χ0n) is 16.5. The molecular formula is C21H36O4S. The first-order valence-corrected chi connectivity index (χ1v) is 12.0. The quantitative estimate of drug-likeness (QED) is 0.384. The highest BCUT2D eigenvalue weighted by atomic mass is 32.2. The van der Waals surface area contributed by atoms with Gasteiger partial charge >= 0.3 is 0 Å². The summed E-state index contributed by atoms with van der Waals surface area (Å²) in [7, 11) is -2.89. The third kappa shape index (κ3) is 13.2. The van der Waals surface area contributed by atoms with Crippen molar-refractivity contribution in [2.45, 2.75) is 64.7 Å². The first kappa shape index (κ1) is 23.0. The number of hydrogen-bond acceptors (Lipinski definition) is 4. The van der Waals surface area contributed by atoms with Crippen molar-refractivity contribution in [2.24, 2.45) is 0 Å². The summed E-state index contributed by atoms with van der Waals surface area (Å²) < 4.78 is 33.0. The number of unbranched alkanes of at least 4 members (excludes halogenated alkanes) is 6. The Balaban J connectivity index is 2.04. The van der Waals surface area contributed by atoms with Gasteiger partial charge in [-0.3, -0.25) is 0 Å². The maximum Gasteiger partial charge on any atom is 0.147 e. The fourth-order valence-electron chi connectivity index (χ4n) is 2.78. The monoisotopic (exact) mass is 384 g/mol. The van der Waals surface area contributed by atoms with Gasteiger partial charge in [0.2, 0.25) is 0 Å². The van der Waals surface area contributed by atoms with Crippen molar-refractivity contribution in [1.29, 1.82) is 0 Å². The normalized spacial score (nSPS) is 11.6. The largest absolute Gasteiger partial charge is 0.491 e. The molecule has 1 rings (SSSR count). The molecule has 26 heavy (non-hydrogen) atoms. The van der Waals surface area contributed by atoms with E-state index in [1.165, 1.54) is 56.8 Å². The average Bonchev–Trinajstić information content (AvgIpc) is 2.60. The Morgan fingerprint density at radius 2 is 1.46 bits per heavy atom. The summed E-state index contributed by atoms with van der Waals surface area (Å²) in [5.74, 6) is 1.03. The van der Waals surface area contributed by atoms with Crippen LogP contribution in [-0.2, 0) is 21.0 Å². The molecule has 150 valence electrons. The van der Waals surface area contributed by atoms with Crippen LogP contribution in [-0.4, -0.2) is 40.2 Å². The molecule has 4 nitrogen and oxygen atoms in total. The summed E-state index contributed by atoms with van der Waals surface area (Å²) in [6.45, 7) is 3.66. The highest BCUT2D eigenvalue weighted by Crippen LogP contribution is 2.15. The molecule has 5 heteroatoms. The van der Waals surface area contributed by atoms with Crippen molar-refractivity contribution in [3.8, 4) is 5.75 Å². The van der Waals surface area contributed by atoms with Crippen molar-refractivity contribution in [2.75, 3.05) is 31.8 Å². The third-order valence-electron chi connectivity index (χ3n) is 4.29. The van der Waals surface area contributed by atoms with Crippen LogP contribution in [0.2, 0.25) is 0 Å². The lowest BCUT2D eigenvalue weighted by molar-refractivity contribution is 0.101. The van der Waals surface area contributed by atoms with Crippen LogP contribution in [0.15, 0.2) is 24.3 Å². The Morgan fingerprint density at radius 1 is 0.808 bits per heavy atom. The van der Waals surface area contributed by atoms with Gasteiger partial charge < -0.3 is 9.47 Å². The summed E-state index contributed by atoms with van der Waals surface area (Å²) >= 11 is 0. The summed E-state index contributed by atoms with van der Waals surface area (Å²) in [6.07, 6.45) is 12.3. The highest BCUT2D eigenvalue weighted by Gasteiger charge is 2.01. The van der Waals surface area contributed by atoms with Gasteiger partial charge in [0.15, 0.2) is 0 Å². The van der Waals surface area contributed by atoms with Crippen LogP contribution in [0, 0.1) is 0 Å². The van der Waals surface area contributed by atoms with Crippen LogP contribution < -0.4 is 4.74 Å². The Morgan fingerprint density at radius 3 is 2.12 bits per heavy atom. The molecule has 0 spiro atoms. The van der Waals surface area contributed by atoms with E-state index >= 15 is 0 Å². The van der Waals surface area contributed by atoms with Gasteiger partial charge in [-0.05, 0) is 37.0 Å². The van der Waals surface area contributed by atoms with Gasteiger partial charge in [0.1, 0.15) is 22.2 Å². The number of hydrogen-bond donors (Lipinski definition) is 0. The Labute approximate surface area is 160 Å². The molecule has 0 fully saturated rings. The molecule has 0 atom stereocenters. The summed E-state index contributed by atoms with van der Waals surface area (Å²) in [4.78, 5) is 0. The van der Waals surface area contributed by atoms with Crippen molar-refractivity contribution in [3.05, 3.63) is 29.8 Å². The zero-order chi connectivity index (χ0) is 19.1. The van der Waals surface area contributed by atoms with E-state index in [1.807, 2.05) is 12.1 Å². The first-order valence-electron chi connectivity index (χ1n) is 9.98. The van der Waals surface area contributed by atoms with Gasteiger partial charge in [0, 0.05) is 12.9 Å². The molecule has 0 amide bonds. The van der Waals surface area contributed by atoms with Crippen LogP contribution in [0.1, 0.15) is 63.9 Å². The van der Waals surface area contributed by atoms with Gasteiger partial charge in [-0.15, -0.1) is 0 Å². The lowest BCUT2D eigenvalue weighted by Crippen LogP contribution is -2.10. The fourth-order valence-corrected chi connectivity index (χ4v) is 3.42. The molecule has 0 saturated carbocycles. The maximum absolute atomic E-state index is 11.0. The van der Waals surface area contributed by atoms with Crippen molar-refractivity contribution >= 4 is 9.84 Å². The van der Waals surface area contributed by atoms with E-state index in [1.54, 1.807) is 0 Å². The zero-order valence-corrected chi connectivity index (χ0v) is 17.4. The minimum absolute atomic E-state index is 0.175. The number of benzene rings is 1. The molecule has 0 aliphatic heterocycles. The second-order valence-corrected chi connectivity index (χ2v) is 9.22. The van der Waals surface area contributed by atoms with Crippen LogP contribution in [0.25, 0.3) is 0 Å². The molecule has 0 radical (unpaired) electrons. The Bertz CT molecular complexity index is 552. The van der Waals surface area contributed by atoms with Gasteiger partial charge in [-0.25, -0.2) is 8.42 Å². The second kappa shape index (κ2) is 14.0. The van der Waals surface area contributed by atoms with E-state index in [4.69, 9.17) is 9.47 Å². The van der Waals surface area contributed by atoms with Crippen LogP contribution >= 0.6 is 0 Å². The molecule has 0 aliphatic carbocycles. The average molecular weight is 385 g/mol. The molecular weight excluding hydrogens is 348 g/mol. The van der Waals surface area contributed by atoms with Gasteiger partial charge in [0.25, 0.3) is 0 Å². The molecule has 0 heterocycles. The maximum atomic E-state index is 11.0. The van der Waals surface area contributed by atoms with E-state index in [9.17, 15) is 8.42 Å². The smallest absolute Gasteiger partial charge is 0.147 e. The predicted octanol–water partition coefficient (Wildman–Crippen LogP) is 4.81. The topological polar surface area (TPSA) is 52.6 Å². The lowest BCUT2D eigenvalue weighted by Gasteiger charge is -2.08. The van der Waals surface area contributed by atoms with E-state index in [2.05, 4.69) is 19.1 Å². The number of sulfone groups is 1. The third-order valence-corrected chi connectivity index (χ3v) is 5.32. The molecule has 0 saturated heterocycles. The van der Waals surface area contributed by atoms with E-state index in [0.29, 0.717) is 26.2 Å². The standard InChI is InChI=1S/C21H36O4S/c1-3-4-5-6-7-8-9-11-20-12-14-21(15-13-20)25-18-17-24-16-10-19-26(2,22)23/h12-15H,3-11,16-19H2,1-2H3. The van der Waals surface area contributed by atoms with Gasteiger partial charge in [-0.2, -0.15) is 0 Å². The van der Waals surface area contributed by atoms with Crippen LogP contribution in [0.5, 0.6) is 5.75 Å². The molecule has 0 aromatic heterocycles. The SMILES string of the molecule is CCCCCCCCCc1ccc(OCCOCCCS(C)(=O)=O)cc1. The minimum Gasteiger partial charge on any atom is -0.491 e. The minimum atomic E-state index is -2.89. The van der Waals surface area contributed by atoms with E-state index < -0.39 is 9.84 Å². The Hall–Kier alpha value is -1.07. The van der Waals surface area contributed by atoms with Crippen LogP contribution in [0.4, 0.5) is 0 Å². The summed E-state index contributed by atoms with van der Waals surface area (Å²) in [5, 5.41) is 0. The van der Waals surface area contributed by atoms with Crippen molar-refractivity contribution < 1.29 is 17.9 Å². The van der Waals surface area contributed by atoms with E-state index in [0.717, 1.165) is 12.2 Å².